The molecular formula is C20H26N2O4S. The fourth-order valence-electron chi connectivity index (χ4n) is 2.67. The van der Waals surface area contributed by atoms with Gasteiger partial charge in [0.05, 0.1) is 13.7 Å². The predicted octanol–water partition coefficient (Wildman–Crippen LogP) is 3.22. The van der Waals surface area contributed by atoms with Gasteiger partial charge >= 0.3 is 0 Å². The van der Waals surface area contributed by atoms with Gasteiger partial charge in [-0.05, 0) is 41.7 Å². The van der Waals surface area contributed by atoms with Crippen molar-refractivity contribution in [1.82, 2.24) is 4.72 Å². The van der Waals surface area contributed by atoms with Gasteiger partial charge in [-0.2, -0.15) is 0 Å². The zero-order valence-electron chi connectivity index (χ0n) is 16.3. The summed E-state index contributed by atoms with van der Waals surface area (Å²) in [5.41, 5.74) is 2.27. The van der Waals surface area contributed by atoms with Crippen molar-refractivity contribution < 1.29 is 17.9 Å². The van der Waals surface area contributed by atoms with E-state index in [-0.39, 0.29) is 22.6 Å². The molecule has 0 aliphatic heterocycles. The number of rotatable bonds is 6. The Hall–Kier alpha value is -2.38. The molecule has 0 saturated carbocycles. The normalized spacial score (nSPS) is 11.9. The van der Waals surface area contributed by atoms with Crippen molar-refractivity contribution in [3.63, 3.8) is 0 Å². The molecule has 0 aromatic heterocycles. The molecule has 7 heteroatoms. The van der Waals surface area contributed by atoms with Crippen LogP contribution < -0.4 is 14.8 Å². The summed E-state index contributed by atoms with van der Waals surface area (Å²) >= 11 is 0. The van der Waals surface area contributed by atoms with Gasteiger partial charge in [0, 0.05) is 5.69 Å². The van der Waals surface area contributed by atoms with Crippen LogP contribution in [0.2, 0.25) is 0 Å². The second kappa shape index (κ2) is 8.10. The van der Waals surface area contributed by atoms with Gasteiger partial charge in [-0.25, -0.2) is 13.1 Å². The van der Waals surface area contributed by atoms with Gasteiger partial charge in [0.1, 0.15) is 10.6 Å². The van der Waals surface area contributed by atoms with E-state index in [1.165, 1.54) is 13.2 Å². The standard InChI is InChI=1S/C20H26N2O4S/c1-14-10-11-17(26-5)18(12-14)27(24,25)21-13-19(23)22-16-9-7-6-8-15(16)20(2,3)4/h6-12,21H,13H2,1-5H3,(H,22,23). The lowest BCUT2D eigenvalue weighted by Crippen LogP contribution is -2.33. The first-order chi connectivity index (χ1) is 12.5. The Kier molecular flexibility index (Phi) is 6.28. The molecule has 1 amide bonds. The molecule has 0 heterocycles. The Morgan fingerprint density at radius 2 is 1.78 bits per heavy atom. The van der Waals surface area contributed by atoms with Crippen LogP contribution in [0.15, 0.2) is 47.4 Å². The SMILES string of the molecule is COc1ccc(C)cc1S(=O)(=O)NCC(=O)Nc1ccccc1C(C)(C)C. The van der Waals surface area contributed by atoms with Crippen LogP contribution in [0.25, 0.3) is 0 Å². The number of methoxy groups -OCH3 is 1. The lowest BCUT2D eigenvalue weighted by atomic mass is 9.86. The zero-order valence-corrected chi connectivity index (χ0v) is 17.1. The van der Waals surface area contributed by atoms with E-state index in [4.69, 9.17) is 4.74 Å². The van der Waals surface area contributed by atoms with Crippen molar-refractivity contribution in [1.29, 1.82) is 0 Å². The minimum Gasteiger partial charge on any atom is -0.495 e. The van der Waals surface area contributed by atoms with Gasteiger partial charge in [-0.3, -0.25) is 4.79 Å². The summed E-state index contributed by atoms with van der Waals surface area (Å²) in [4.78, 5) is 12.3. The molecule has 0 fully saturated rings. The molecule has 0 unspecified atom stereocenters. The van der Waals surface area contributed by atoms with E-state index in [2.05, 4.69) is 10.0 Å². The van der Waals surface area contributed by atoms with Crippen LogP contribution in [0.3, 0.4) is 0 Å². The van der Waals surface area contributed by atoms with Gasteiger partial charge in [0.25, 0.3) is 0 Å². The summed E-state index contributed by atoms with van der Waals surface area (Å²) in [5, 5.41) is 2.78. The van der Waals surface area contributed by atoms with Gasteiger partial charge in [-0.1, -0.05) is 45.0 Å². The third kappa shape index (κ3) is 5.30. The minimum atomic E-state index is -3.89. The maximum Gasteiger partial charge on any atom is 0.244 e. The number of amides is 1. The van der Waals surface area contributed by atoms with Crippen molar-refractivity contribution in [3.05, 3.63) is 53.6 Å². The first-order valence-corrected chi connectivity index (χ1v) is 10.1. The highest BCUT2D eigenvalue weighted by atomic mass is 32.2. The van der Waals surface area contributed by atoms with E-state index in [1.54, 1.807) is 25.1 Å². The summed E-state index contributed by atoms with van der Waals surface area (Å²) in [6.07, 6.45) is 0. The molecule has 2 aromatic carbocycles. The molecule has 2 rings (SSSR count). The van der Waals surface area contributed by atoms with Crippen LogP contribution in [-0.4, -0.2) is 28.0 Å². The third-order valence-electron chi connectivity index (χ3n) is 4.04. The molecule has 0 aliphatic rings. The maximum absolute atomic E-state index is 12.6. The summed E-state index contributed by atoms with van der Waals surface area (Å²) < 4.78 is 32.6. The van der Waals surface area contributed by atoms with Crippen LogP contribution in [0.5, 0.6) is 5.75 Å². The van der Waals surface area contributed by atoms with Crippen LogP contribution >= 0.6 is 0 Å². The number of sulfonamides is 1. The quantitative estimate of drug-likeness (QED) is 0.793. The average molecular weight is 391 g/mol. The Balaban J connectivity index is 2.14. The highest BCUT2D eigenvalue weighted by Crippen LogP contribution is 2.29. The highest BCUT2D eigenvalue weighted by Gasteiger charge is 2.22. The van der Waals surface area contributed by atoms with Gasteiger partial charge in [-0.15, -0.1) is 0 Å². The lowest BCUT2D eigenvalue weighted by Gasteiger charge is -2.23. The van der Waals surface area contributed by atoms with Crippen LogP contribution in [0, 0.1) is 6.92 Å². The molecule has 0 radical (unpaired) electrons. The summed E-state index contributed by atoms with van der Waals surface area (Å²) in [7, 11) is -2.48. The first-order valence-electron chi connectivity index (χ1n) is 8.58. The second-order valence-electron chi connectivity index (χ2n) is 7.32. The topological polar surface area (TPSA) is 84.5 Å². The lowest BCUT2D eigenvalue weighted by molar-refractivity contribution is -0.115. The highest BCUT2D eigenvalue weighted by molar-refractivity contribution is 7.89. The monoisotopic (exact) mass is 390 g/mol. The molecule has 27 heavy (non-hydrogen) atoms. The summed E-state index contributed by atoms with van der Waals surface area (Å²) in [6.45, 7) is 7.55. The zero-order chi connectivity index (χ0) is 20.2. The fourth-order valence-corrected chi connectivity index (χ4v) is 3.91. The molecule has 2 N–H and O–H groups in total. The van der Waals surface area contributed by atoms with Gasteiger partial charge in [0.15, 0.2) is 0 Å². The molecule has 0 saturated heterocycles. The smallest absolute Gasteiger partial charge is 0.244 e. The number of carbonyl (C=O) groups is 1. The van der Waals surface area contributed by atoms with Crippen molar-refractivity contribution in [2.45, 2.75) is 38.0 Å². The molecule has 2 aromatic rings. The number of nitrogens with one attached hydrogen (secondary N) is 2. The third-order valence-corrected chi connectivity index (χ3v) is 5.46. The number of hydrogen-bond acceptors (Lipinski definition) is 4. The van der Waals surface area contributed by atoms with Crippen molar-refractivity contribution in [3.8, 4) is 5.75 Å². The molecule has 6 nitrogen and oxygen atoms in total. The number of benzene rings is 2. The average Bonchev–Trinajstić information content (AvgIpc) is 2.59. The minimum absolute atomic E-state index is 0.00731. The van der Waals surface area contributed by atoms with Gasteiger partial charge in [0.2, 0.25) is 15.9 Å². The molecule has 146 valence electrons. The second-order valence-corrected chi connectivity index (χ2v) is 9.06. The Labute approximate surface area is 161 Å². The number of para-hydroxylation sites is 1. The molecule has 0 bridgehead atoms. The molecule has 0 atom stereocenters. The first kappa shape index (κ1) is 20.9. The molecule has 0 spiro atoms. The van der Waals surface area contributed by atoms with E-state index < -0.39 is 15.9 Å². The van der Waals surface area contributed by atoms with Crippen molar-refractivity contribution >= 4 is 21.6 Å². The van der Waals surface area contributed by atoms with E-state index >= 15 is 0 Å². The van der Waals surface area contributed by atoms with Crippen LogP contribution in [0.4, 0.5) is 5.69 Å². The summed E-state index contributed by atoms with van der Waals surface area (Å²) in [5.74, 6) is -0.214. The Morgan fingerprint density at radius 1 is 1.11 bits per heavy atom. The van der Waals surface area contributed by atoms with Gasteiger partial charge < -0.3 is 10.1 Å². The Bertz CT molecular complexity index is 931. The number of carbonyl (C=O) groups excluding carboxylic acids is 1. The number of aryl methyl sites for hydroxylation is 1. The van der Waals surface area contributed by atoms with E-state index in [0.29, 0.717) is 5.69 Å². The van der Waals surface area contributed by atoms with E-state index in [9.17, 15) is 13.2 Å². The predicted molar refractivity (Wildman–Crippen MR) is 107 cm³/mol. The number of anilines is 1. The van der Waals surface area contributed by atoms with Crippen molar-refractivity contribution in [2.24, 2.45) is 0 Å². The number of ether oxygens (including phenoxy) is 1. The summed E-state index contributed by atoms with van der Waals surface area (Å²) in [6, 6.07) is 12.3. The van der Waals surface area contributed by atoms with Crippen LogP contribution in [0.1, 0.15) is 31.9 Å². The molecule has 0 aliphatic carbocycles. The Morgan fingerprint density at radius 3 is 2.41 bits per heavy atom. The van der Waals surface area contributed by atoms with E-state index in [0.717, 1.165) is 11.1 Å². The number of hydrogen-bond donors (Lipinski definition) is 2. The largest absolute Gasteiger partial charge is 0.495 e. The van der Waals surface area contributed by atoms with Crippen LogP contribution in [-0.2, 0) is 20.2 Å². The molecular weight excluding hydrogens is 364 g/mol. The maximum atomic E-state index is 12.6. The van der Waals surface area contributed by atoms with E-state index in [1.807, 2.05) is 39.0 Å². The fraction of sp³-hybridized carbons (Fsp3) is 0.350. The van der Waals surface area contributed by atoms with Crippen molar-refractivity contribution in [2.75, 3.05) is 19.0 Å².